The van der Waals surface area contributed by atoms with Crippen molar-refractivity contribution in [3.05, 3.63) is 36.0 Å². The molecule has 0 radical (unpaired) electrons. The first-order valence-corrected chi connectivity index (χ1v) is 5.92. The Morgan fingerprint density at radius 1 is 1.41 bits per heavy atom. The molecule has 3 heteroatoms. The van der Waals surface area contributed by atoms with Crippen molar-refractivity contribution in [3.8, 4) is 0 Å². The lowest BCUT2D eigenvalue weighted by Gasteiger charge is -2.27. The van der Waals surface area contributed by atoms with Crippen LogP contribution in [0.25, 0.3) is 0 Å². The molecule has 0 aliphatic heterocycles. The largest absolute Gasteiger partial charge is 0.463 e. The zero-order valence-corrected chi connectivity index (χ0v) is 10.1. The molecule has 17 heavy (non-hydrogen) atoms. The summed E-state index contributed by atoms with van der Waals surface area (Å²) >= 11 is 0. The van der Waals surface area contributed by atoms with Crippen LogP contribution < -0.4 is 0 Å². The van der Waals surface area contributed by atoms with Crippen molar-refractivity contribution in [1.82, 2.24) is 0 Å². The molecule has 3 rings (SSSR count). The van der Waals surface area contributed by atoms with Gasteiger partial charge < -0.3 is 4.74 Å². The molecule has 2 bridgehead atoms. The van der Waals surface area contributed by atoms with Gasteiger partial charge in [0, 0.05) is 12.0 Å². The Bertz CT molecular complexity index is 429. The summed E-state index contributed by atoms with van der Waals surface area (Å²) in [6.45, 7) is 4.16. The third kappa shape index (κ3) is 2.23. The number of carbonyl (C=O) groups is 2. The van der Waals surface area contributed by atoms with Crippen LogP contribution in [0.3, 0.4) is 0 Å². The van der Waals surface area contributed by atoms with Gasteiger partial charge in [0.05, 0.1) is 12.5 Å². The van der Waals surface area contributed by atoms with E-state index in [1.165, 1.54) is 6.08 Å². The molecule has 3 nitrogen and oxygen atoms in total. The molecule has 0 amide bonds. The van der Waals surface area contributed by atoms with Crippen LogP contribution in [-0.4, -0.2) is 18.4 Å². The van der Waals surface area contributed by atoms with Gasteiger partial charge in [0.15, 0.2) is 5.78 Å². The van der Waals surface area contributed by atoms with Gasteiger partial charge in [0.25, 0.3) is 0 Å². The molecular weight excluding hydrogens is 216 g/mol. The molecule has 0 spiro atoms. The van der Waals surface area contributed by atoms with E-state index in [0.29, 0.717) is 6.61 Å². The minimum absolute atomic E-state index is 0.0450. The lowest BCUT2D eigenvalue weighted by molar-refractivity contribution is -0.137. The van der Waals surface area contributed by atoms with Gasteiger partial charge in [-0.1, -0.05) is 25.2 Å². The van der Waals surface area contributed by atoms with Gasteiger partial charge in [-0.2, -0.15) is 0 Å². The molecule has 0 saturated carbocycles. The van der Waals surface area contributed by atoms with Crippen LogP contribution in [0.2, 0.25) is 0 Å². The third-order valence-electron chi connectivity index (χ3n) is 3.35. The number of ether oxygens (including phenoxy) is 1. The molecule has 90 valence electrons. The standard InChI is InChI=1S/C14H16O3/c1-3-17-14(16)8-12-9(2)10-4-6-11(12)13(15)7-5-10/h4-11H,3H2,1-2H3/b12-8+/t9-,10-,11-/m1/s1. The molecule has 0 aromatic rings. The summed E-state index contributed by atoms with van der Waals surface area (Å²) < 4.78 is 4.91. The molecule has 0 fully saturated rings. The average Bonchev–Trinajstić information content (AvgIpc) is 2.53. The van der Waals surface area contributed by atoms with Crippen LogP contribution in [-0.2, 0) is 14.3 Å². The Labute approximate surface area is 101 Å². The summed E-state index contributed by atoms with van der Waals surface area (Å²) in [5.74, 6) is -0.216. The van der Waals surface area contributed by atoms with E-state index in [0.717, 1.165) is 5.57 Å². The monoisotopic (exact) mass is 232 g/mol. The summed E-state index contributed by atoms with van der Waals surface area (Å²) in [6.07, 6.45) is 8.95. The molecule has 0 aromatic carbocycles. The smallest absolute Gasteiger partial charge is 0.330 e. The Balaban J connectivity index is 2.32. The van der Waals surface area contributed by atoms with E-state index in [1.54, 1.807) is 13.0 Å². The molecule has 3 aliphatic carbocycles. The summed E-state index contributed by atoms with van der Waals surface area (Å²) in [7, 11) is 0. The van der Waals surface area contributed by atoms with E-state index in [2.05, 4.69) is 0 Å². The predicted molar refractivity (Wildman–Crippen MR) is 64.1 cm³/mol. The van der Waals surface area contributed by atoms with Crippen LogP contribution in [0.15, 0.2) is 36.0 Å². The normalized spacial score (nSPS) is 32.9. The van der Waals surface area contributed by atoms with Crippen molar-refractivity contribution in [2.24, 2.45) is 17.8 Å². The van der Waals surface area contributed by atoms with Gasteiger partial charge in [-0.3, -0.25) is 4.79 Å². The Kier molecular flexibility index (Phi) is 3.27. The molecule has 0 N–H and O–H groups in total. The van der Waals surface area contributed by atoms with Gasteiger partial charge in [-0.25, -0.2) is 4.79 Å². The minimum atomic E-state index is -0.358. The van der Waals surface area contributed by atoms with Gasteiger partial charge in [-0.05, 0) is 24.5 Å². The SMILES string of the molecule is CCOC(=O)/C=C1/[C@H]2C=C[C@H](C=CC2=O)[C@H]1C. The molecule has 3 aliphatic rings. The fourth-order valence-corrected chi connectivity index (χ4v) is 2.36. The molecule has 0 saturated heterocycles. The highest BCUT2D eigenvalue weighted by atomic mass is 16.5. The zero-order valence-electron chi connectivity index (χ0n) is 10.1. The Hall–Kier alpha value is -1.64. The zero-order chi connectivity index (χ0) is 12.4. The fraction of sp³-hybridized carbons (Fsp3) is 0.429. The second-order valence-corrected chi connectivity index (χ2v) is 4.39. The first kappa shape index (κ1) is 11.8. The Morgan fingerprint density at radius 3 is 2.88 bits per heavy atom. The summed E-state index contributed by atoms with van der Waals surface area (Å²) in [6, 6.07) is 0. The number of carbonyl (C=O) groups excluding carboxylic acids is 2. The molecule has 0 aromatic heterocycles. The van der Waals surface area contributed by atoms with E-state index in [-0.39, 0.29) is 29.5 Å². The summed E-state index contributed by atoms with van der Waals surface area (Å²) in [4.78, 5) is 23.3. The molecule has 3 atom stereocenters. The van der Waals surface area contributed by atoms with E-state index in [4.69, 9.17) is 4.74 Å². The number of rotatable bonds is 2. The number of fused-ring (bicyclic) bond motifs is 2. The second kappa shape index (κ2) is 4.70. The first-order chi connectivity index (χ1) is 8.13. The highest BCUT2D eigenvalue weighted by molar-refractivity contribution is 5.97. The molecule has 0 unspecified atom stereocenters. The van der Waals surface area contributed by atoms with Gasteiger partial charge in [0.1, 0.15) is 0 Å². The second-order valence-electron chi connectivity index (χ2n) is 4.39. The fourth-order valence-electron chi connectivity index (χ4n) is 2.36. The van der Waals surface area contributed by atoms with Crippen molar-refractivity contribution >= 4 is 11.8 Å². The van der Waals surface area contributed by atoms with Crippen LogP contribution in [0.5, 0.6) is 0 Å². The van der Waals surface area contributed by atoms with Crippen LogP contribution >= 0.6 is 0 Å². The van der Waals surface area contributed by atoms with Crippen molar-refractivity contribution in [2.45, 2.75) is 13.8 Å². The van der Waals surface area contributed by atoms with Gasteiger partial charge in [-0.15, -0.1) is 0 Å². The lowest BCUT2D eigenvalue weighted by atomic mass is 9.77. The maximum Gasteiger partial charge on any atom is 0.330 e. The minimum Gasteiger partial charge on any atom is -0.463 e. The maximum absolute atomic E-state index is 11.8. The highest BCUT2D eigenvalue weighted by Gasteiger charge is 2.33. The number of allylic oxidation sites excluding steroid dienone is 5. The van der Waals surface area contributed by atoms with E-state index in [1.807, 2.05) is 25.2 Å². The first-order valence-electron chi connectivity index (χ1n) is 5.92. The summed E-state index contributed by atoms with van der Waals surface area (Å²) in [5.41, 5.74) is 0.867. The third-order valence-corrected chi connectivity index (χ3v) is 3.35. The van der Waals surface area contributed by atoms with Gasteiger partial charge >= 0.3 is 5.97 Å². The van der Waals surface area contributed by atoms with Crippen LogP contribution in [0.1, 0.15) is 13.8 Å². The van der Waals surface area contributed by atoms with Crippen LogP contribution in [0, 0.1) is 17.8 Å². The van der Waals surface area contributed by atoms with Crippen LogP contribution in [0.4, 0.5) is 0 Å². The predicted octanol–water partition coefficient (Wildman–Crippen LogP) is 2.05. The lowest BCUT2D eigenvalue weighted by Crippen LogP contribution is -2.23. The van der Waals surface area contributed by atoms with E-state index in [9.17, 15) is 9.59 Å². The van der Waals surface area contributed by atoms with Crippen molar-refractivity contribution < 1.29 is 14.3 Å². The van der Waals surface area contributed by atoms with E-state index < -0.39 is 0 Å². The highest BCUT2D eigenvalue weighted by Crippen LogP contribution is 2.37. The number of ketones is 1. The maximum atomic E-state index is 11.8. The van der Waals surface area contributed by atoms with Crippen molar-refractivity contribution in [1.29, 1.82) is 0 Å². The number of hydrogen-bond acceptors (Lipinski definition) is 3. The Morgan fingerprint density at radius 2 is 2.18 bits per heavy atom. The van der Waals surface area contributed by atoms with Crippen molar-refractivity contribution in [2.75, 3.05) is 6.61 Å². The average molecular weight is 232 g/mol. The quantitative estimate of drug-likeness (QED) is 0.416. The molecular formula is C14H16O3. The van der Waals surface area contributed by atoms with Gasteiger partial charge in [0.2, 0.25) is 0 Å². The molecule has 0 heterocycles. The topological polar surface area (TPSA) is 43.4 Å². The van der Waals surface area contributed by atoms with E-state index >= 15 is 0 Å². The summed E-state index contributed by atoms with van der Waals surface area (Å²) in [5, 5.41) is 0. The number of hydrogen-bond donors (Lipinski definition) is 0. The number of esters is 1. The van der Waals surface area contributed by atoms with Crippen molar-refractivity contribution in [3.63, 3.8) is 0 Å².